The molecule has 0 aliphatic heterocycles. The molecule has 1 atom stereocenters. The molecule has 1 unspecified atom stereocenters. The third-order valence-corrected chi connectivity index (χ3v) is 3.68. The summed E-state index contributed by atoms with van der Waals surface area (Å²) in [5.41, 5.74) is 3.14. The van der Waals surface area contributed by atoms with Gasteiger partial charge in [-0.25, -0.2) is 10.3 Å². The Morgan fingerprint density at radius 3 is 2.17 bits per heavy atom. The van der Waals surface area contributed by atoms with Crippen LogP contribution in [0, 0.1) is 0 Å². The summed E-state index contributed by atoms with van der Waals surface area (Å²) in [6.07, 6.45) is 0. The standard InChI is InChI=1S/C16H15Cl2N3O3/c1-9(10-2-4-11(5-3-10)15(22)21-24)19-16(23)20-14-7-12(17)6-13(18)8-14/h2-9,24H,1H3,(H,21,22)(H2,19,20,23). The molecule has 3 amide bonds. The van der Waals surface area contributed by atoms with Gasteiger partial charge in [0.15, 0.2) is 0 Å². The van der Waals surface area contributed by atoms with Gasteiger partial charge in [-0.2, -0.15) is 0 Å². The molecule has 6 nitrogen and oxygen atoms in total. The number of urea groups is 1. The topological polar surface area (TPSA) is 90.5 Å². The third kappa shape index (κ3) is 4.86. The first kappa shape index (κ1) is 18.1. The van der Waals surface area contributed by atoms with Gasteiger partial charge >= 0.3 is 6.03 Å². The van der Waals surface area contributed by atoms with E-state index in [4.69, 9.17) is 28.4 Å². The summed E-state index contributed by atoms with van der Waals surface area (Å²) in [6, 6.07) is 10.5. The molecule has 24 heavy (non-hydrogen) atoms. The molecular weight excluding hydrogens is 353 g/mol. The van der Waals surface area contributed by atoms with Crippen LogP contribution in [0.2, 0.25) is 10.0 Å². The predicted molar refractivity (Wildman–Crippen MR) is 92.7 cm³/mol. The van der Waals surface area contributed by atoms with Crippen LogP contribution in [0.15, 0.2) is 42.5 Å². The number of anilines is 1. The van der Waals surface area contributed by atoms with E-state index in [1.54, 1.807) is 54.9 Å². The molecule has 0 saturated heterocycles. The van der Waals surface area contributed by atoms with Crippen LogP contribution < -0.4 is 16.1 Å². The SMILES string of the molecule is CC(NC(=O)Nc1cc(Cl)cc(Cl)c1)c1ccc(C(=O)NO)cc1. The van der Waals surface area contributed by atoms with Crippen LogP contribution in [-0.4, -0.2) is 17.1 Å². The summed E-state index contributed by atoms with van der Waals surface area (Å²) in [5.74, 6) is -0.599. The molecule has 0 aromatic heterocycles. The number of benzene rings is 2. The maximum Gasteiger partial charge on any atom is 0.319 e. The highest BCUT2D eigenvalue weighted by Crippen LogP contribution is 2.22. The molecule has 0 aliphatic carbocycles. The maximum atomic E-state index is 12.0. The van der Waals surface area contributed by atoms with Crippen LogP contribution in [0.3, 0.4) is 0 Å². The normalized spacial score (nSPS) is 11.5. The number of nitrogens with one attached hydrogen (secondary N) is 3. The van der Waals surface area contributed by atoms with E-state index in [-0.39, 0.29) is 6.04 Å². The van der Waals surface area contributed by atoms with Crippen molar-refractivity contribution in [1.29, 1.82) is 0 Å². The van der Waals surface area contributed by atoms with Crippen molar-refractivity contribution in [1.82, 2.24) is 10.8 Å². The number of carbonyl (C=O) groups is 2. The fourth-order valence-electron chi connectivity index (χ4n) is 2.06. The van der Waals surface area contributed by atoms with E-state index < -0.39 is 11.9 Å². The molecule has 4 N–H and O–H groups in total. The third-order valence-electron chi connectivity index (χ3n) is 3.24. The van der Waals surface area contributed by atoms with Crippen molar-refractivity contribution in [3.8, 4) is 0 Å². The van der Waals surface area contributed by atoms with E-state index in [1.165, 1.54) is 0 Å². The average molecular weight is 368 g/mol. The Balaban J connectivity index is 1.99. The summed E-state index contributed by atoms with van der Waals surface area (Å²) in [7, 11) is 0. The van der Waals surface area contributed by atoms with Crippen molar-refractivity contribution in [3.05, 3.63) is 63.6 Å². The largest absolute Gasteiger partial charge is 0.331 e. The van der Waals surface area contributed by atoms with Gasteiger partial charge in [-0.3, -0.25) is 10.0 Å². The lowest BCUT2D eigenvalue weighted by Crippen LogP contribution is -2.31. The molecule has 8 heteroatoms. The monoisotopic (exact) mass is 367 g/mol. The highest BCUT2D eigenvalue weighted by atomic mass is 35.5. The Hall–Kier alpha value is -2.28. The molecule has 0 radical (unpaired) electrons. The van der Waals surface area contributed by atoms with Crippen LogP contribution in [0.5, 0.6) is 0 Å². The van der Waals surface area contributed by atoms with Gasteiger partial charge in [-0.15, -0.1) is 0 Å². The first-order valence-corrected chi connectivity index (χ1v) is 7.72. The van der Waals surface area contributed by atoms with Gasteiger partial charge in [0.1, 0.15) is 0 Å². The molecule has 2 rings (SSSR count). The number of carbonyl (C=O) groups excluding carboxylic acids is 2. The Morgan fingerprint density at radius 2 is 1.62 bits per heavy atom. The number of halogens is 2. The summed E-state index contributed by atoms with van der Waals surface area (Å²) in [6.45, 7) is 1.80. The van der Waals surface area contributed by atoms with Crippen molar-refractivity contribution in [3.63, 3.8) is 0 Å². The van der Waals surface area contributed by atoms with E-state index in [0.29, 0.717) is 21.3 Å². The second-order valence-electron chi connectivity index (χ2n) is 5.04. The van der Waals surface area contributed by atoms with Crippen molar-refractivity contribution >= 4 is 40.8 Å². The van der Waals surface area contributed by atoms with Gasteiger partial charge in [-0.05, 0) is 42.8 Å². The number of hydrogen-bond donors (Lipinski definition) is 4. The number of hydroxylamine groups is 1. The molecule has 0 saturated carbocycles. The fraction of sp³-hybridized carbons (Fsp3) is 0.125. The molecule has 2 aromatic carbocycles. The lowest BCUT2D eigenvalue weighted by Gasteiger charge is -2.15. The smallest absolute Gasteiger partial charge is 0.319 e. The second-order valence-corrected chi connectivity index (χ2v) is 5.91. The lowest BCUT2D eigenvalue weighted by atomic mass is 10.1. The summed E-state index contributed by atoms with van der Waals surface area (Å²) < 4.78 is 0. The first-order valence-electron chi connectivity index (χ1n) is 6.97. The second kappa shape index (κ2) is 8.01. The zero-order valence-corrected chi connectivity index (χ0v) is 14.2. The average Bonchev–Trinajstić information content (AvgIpc) is 2.53. The first-order chi connectivity index (χ1) is 11.4. The minimum Gasteiger partial charge on any atom is -0.331 e. The van der Waals surface area contributed by atoms with E-state index in [9.17, 15) is 9.59 Å². The van der Waals surface area contributed by atoms with E-state index in [0.717, 1.165) is 5.56 Å². The summed E-state index contributed by atoms with van der Waals surface area (Å²) >= 11 is 11.8. The van der Waals surface area contributed by atoms with E-state index in [1.807, 2.05) is 0 Å². The van der Waals surface area contributed by atoms with Crippen molar-refractivity contribution < 1.29 is 14.8 Å². The molecule has 126 valence electrons. The number of rotatable bonds is 4. The Kier molecular flexibility index (Phi) is 6.03. The van der Waals surface area contributed by atoms with E-state index in [2.05, 4.69) is 10.6 Å². The number of hydrogen-bond acceptors (Lipinski definition) is 3. The highest BCUT2D eigenvalue weighted by Gasteiger charge is 2.11. The van der Waals surface area contributed by atoms with Crippen molar-refractivity contribution in [2.45, 2.75) is 13.0 Å². The van der Waals surface area contributed by atoms with Gasteiger partial charge in [-0.1, -0.05) is 35.3 Å². The van der Waals surface area contributed by atoms with Gasteiger partial charge in [0.2, 0.25) is 0 Å². The Morgan fingerprint density at radius 1 is 1.04 bits per heavy atom. The van der Waals surface area contributed by atoms with Crippen LogP contribution in [0.25, 0.3) is 0 Å². The van der Waals surface area contributed by atoms with Crippen LogP contribution in [-0.2, 0) is 0 Å². The van der Waals surface area contributed by atoms with Crippen LogP contribution in [0.1, 0.15) is 28.9 Å². The summed E-state index contributed by atoms with van der Waals surface area (Å²) in [5, 5.41) is 14.8. The van der Waals surface area contributed by atoms with Gasteiger partial charge in [0.05, 0.1) is 6.04 Å². The van der Waals surface area contributed by atoms with Crippen LogP contribution in [0.4, 0.5) is 10.5 Å². The molecule has 0 fully saturated rings. The fourth-order valence-corrected chi connectivity index (χ4v) is 2.59. The van der Waals surface area contributed by atoms with E-state index >= 15 is 0 Å². The highest BCUT2D eigenvalue weighted by molar-refractivity contribution is 6.35. The van der Waals surface area contributed by atoms with Gasteiger partial charge in [0, 0.05) is 21.3 Å². The van der Waals surface area contributed by atoms with Gasteiger partial charge < -0.3 is 10.6 Å². The zero-order chi connectivity index (χ0) is 17.7. The predicted octanol–water partition coefficient (Wildman–Crippen LogP) is 4.00. The van der Waals surface area contributed by atoms with Crippen LogP contribution >= 0.6 is 23.2 Å². The lowest BCUT2D eigenvalue weighted by molar-refractivity contribution is 0.0706. The maximum absolute atomic E-state index is 12.0. The van der Waals surface area contributed by atoms with Crippen molar-refractivity contribution in [2.24, 2.45) is 0 Å². The minimum atomic E-state index is -0.599. The summed E-state index contributed by atoms with van der Waals surface area (Å²) in [4.78, 5) is 23.3. The van der Waals surface area contributed by atoms with Crippen molar-refractivity contribution in [2.75, 3.05) is 5.32 Å². The molecule has 0 aliphatic rings. The molecule has 2 aromatic rings. The molecule has 0 heterocycles. The van der Waals surface area contributed by atoms with Gasteiger partial charge in [0.25, 0.3) is 5.91 Å². The molecular formula is C16H15Cl2N3O3. The molecule has 0 bridgehead atoms. The number of amides is 3. The minimum absolute atomic E-state index is 0.300. The Labute approximate surface area is 148 Å². The molecule has 0 spiro atoms. The Bertz CT molecular complexity index is 730. The zero-order valence-electron chi connectivity index (χ0n) is 12.6. The quantitative estimate of drug-likeness (QED) is 0.486.